The highest BCUT2D eigenvalue weighted by molar-refractivity contribution is 7.99. The fourth-order valence-corrected chi connectivity index (χ4v) is 4.25. The van der Waals surface area contributed by atoms with Crippen LogP contribution >= 0.6 is 35.0 Å². The van der Waals surface area contributed by atoms with Gasteiger partial charge in [-0.3, -0.25) is 4.90 Å². The van der Waals surface area contributed by atoms with Crippen LogP contribution in [0.25, 0.3) is 0 Å². The van der Waals surface area contributed by atoms with E-state index in [2.05, 4.69) is 5.32 Å². The number of urea groups is 1. The zero-order valence-electron chi connectivity index (χ0n) is 12.9. The van der Waals surface area contributed by atoms with E-state index in [1.54, 1.807) is 34.9 Å². The molecule has 1 aliphatic rings. The number of rotatable bonds is 1. The Morgan fingerprint density at radius 2 is 1.32 bits per heavy atom. The molecule has 124 valence electrons. The Hall–Kier alpha value is -2.14. The van der Waals surface area contributed by atoms with Crippen molar-refractivity contribution in [3.8, 4) is 0 Å². The maximum absolute atomic E-state index is 13.1. The molecule has 1 N–H and O–H groups in total. The molecule has 3 nitrogen and oxygen atoms in total. The molecule has 6 heteroatoms. The summed E-state index contributed by atoms with van der Waals surface area (Å²) in [7, 11) is 0. The lowest BCUT2D eigenvalue weighted by atomic mass is 10.2. The van der Waals surface area contributed by atoms with Gasteiger partial charge in [-0.2, -0.15) is 0 Å². The molecule has 3 aromatic rings. The number of hydrogen-bond acceptors (Lipinski definition) is 2. The molecule has 3 aromatic carbocycles. The first-order valence-corrected chi connectivity index (χ1v) is 9.13. The zero-order chi connectivity index (χ0) is 17.4. The number of halogens is 2. The minimum Gasteiger partial charge on any atom is -0.304 e. The van der Waals surface area contributed by atoms with Crippen LogP contribution in [0.2, 0.25) is 10.0 Å². The molecular weight excluding hydrogens is 375 g/mol. The highest BCUT2D eigenvalue weighted by atomic mass is 35.5. The largest absolute Gasteiger partial charge is 0.331 e. The standard InChI is InChI=1S/C19H12Cl2N2OS/c20-12-6-5-7-13(21)18(12)22-19(24)23-14-8-1-3-10-16(14)25-17-11-4-2-9-15(17)23/h1-11H,(H,22,24). The van der Waals surface area contributed by atoms with Gasteiger partial charge in [0.2, 0.25) is 0 Å². The number of fused-ring (bicyclic) bond motifs is 2. The Balaban J connectivity index is 1.78. The van der Waals surface area contributed by atoms with E-state index in [9.17, 15) is 4.79 Å². The maximum atomic E-state index is 13.1. The number of carbonyl (C=O) groups is 1. The molecule has 0 radical (unpaired) electrons. The van der Waals surface area contributed by atoms with Crippen molar-refractivity contribution < 1.29 is 4.79 Å². The maximum Gasteiger partial charge on any atom is 0.331 e. The van der Waals surface area contributed by atoms with Crippen LogP contribution in [0, 0.1) is 0 Å². The van der Waals surface area contributed by atoms with Crippen LogP contribution in [0.3, 0.4) is 0 Å². The summed E-state index contributed by atoms with van der Waals surface area (Å²) in [4.78, 5) is 16.8. The molecular formula is C19H12Cl2N2OS. The van der Waals surface area contributed by atoms with Crippen LogP contribution in [-0.2, 0) is 0 Å². The van der Waals surface area contributed by atoms with Gasteiger partial charge < -0.3 is 5.32 Å². The molecule has 25 heavy (non-hydrogen) atoms. The van der Waals surface area contributed by atoms with E-state index in [1.807, 2.05) is 48.5 Å². The Morgan fingerprint density at radius 3 is 1.88 bits per heavy atom. The zero-order valence-corrected chi connectivity index (χ0v) is 15.2. The van der Waals surface area contributed by atoms with Crippen molar-refractivity contribution in [2.75, 3.05) is 10.2 Å². The van der Waals surface area contributed by atoms with Gasteiger partial charge in [-0.05, 0) is 36.4 Å². The molecule has 0 spiro atoms. The van der Waals surface area contributed by atoms with E-state index in [0.717, 1.165) is 21.2 Å². The number of nitrogens with zero attached hydrogens (tertiary/aromatic N) is 1. The van der Waals surface area contributed by atoms with Gasteiger partial charge in [0, 0.05) is 9.79 Å². The molecule has 0 atom stereocenters. The summed E-state index contributed by atoms with van der Waals surface area (Å²) in [5.74, 6) is 0. The SMILES string of the molecule is O=C(Nc1c(Cl)cccc1Cl)N1c2ccccc2Sc2ccccc21. The Morgan fingerprint density at radius 1 is 0.800 bits per heavy atom. The molecule has 2 amide bonds. The second-order valence-corrected chi connectivity index (χ2v) is 7.30. The van der Waals surface area contributed by atoms with Gasteiger partial charge in [-0.15, -0.1) is 0 Å². The van der Waals surface area contributed by atoms with E-state index in [0.29, 0.717) is 15.7 Å². The molecule has 0 saturated heterocycles. The molecule has 1 heterocycles. The highest BCUT2D eigenvalue weighted by Gasteiger charge is 2.28. The lowest BCUT2D eigenvalue weighted by molar-refractivity contribution is 0.259. The fourth-order valence-electron chi connectivity index (χ4n) is 2.70. The van der Waals surface area contributed by atoms with Crippen molar-refractivity contribution in [2.45, 2.75) is 9.79 Å². The normalized spacial score (nSPS) is 12.3. The van der Waals surface area contributed by atoms with Crippen molar-refractivity contribution in [1.82, 2.24) is 0 Å². The molecule has 1 aliphatic heterocycles. The first-order valence-electron chi connectivity index (χ1n) is 7.56. The molecule has 0 aliphatic carbocycles. The third kappa shape index (κ3) is 2.97. The van der Waals surface area contributed by atoms with Crippen molar-refractivity contribution >= 4 is 58.1 Å². The van der Waals surface area contributed by atoms with Crippen molar-refractivity contribution in [1.29, 1.82) is 0 Å². The number of benzene rings is 3. The van der Waals surface area contributed by atoms with Gasteiger partial charge in [0.1, 0.15) is 0 Å². The topological polar surface area (TPSA) is 32.3 Å². The van der Waals surface area contributed by atoms with Crippen molar-refractivity contribution in [3.05, 3.63) is 76.8 Å². The Labute approximate surface area is 159 Å². The molecule has 0 bridgehead atoms. The number of anilines is 3. The minimum atomic E-state index is -0.310. The third-order valence-electron chi connectivity index (χ3n) is 3.83. The van der Waals surface area contributed by atoms with Gasteiger partial charge in [0.25, 0.3) is 0 Å². The fraction of sp³-hybridized carbons (Fsp3) is 0. The van der Waals surface area contributed by atoms with Crippen LogP contribution < -0.4 is 10.2 Å². The van der Waals surface area contributed by atoms with Gasteiger partial charge in [0.05, 0.1) is 27.1 Å². The second kappa shape index (κ2) is 6.64. The lowest BCUT2D eigenvalue weighted by Crippen LogP contribution is -2.32. The summed E-state index contributed by atoms with van der Waals surface area (Å²) in [6, 6.07) is 20.4. The molecule has 0 aromatic heterocycles. The average Bonchev–Trinajstić information content (AvgIpc) is 2.62. The van der Waals surface area contributed by atoms with Gasteiger partial charge >= 0.3 is 6.03 Å². The second-order valence-electron chi connectivity index (χ2n) is 5.40. The third-order valence-corrected chi connectivity index (χ3v) is 5.59. The Kier molecular flexibility index (Phi) is 4.34. The van der Waals surface area contributed by atoms with E-state index in [-0.39, 0.29) is 6.03 Å². The van der Waals surface area contributed by atoms with Gasteiger partial charge in [0.15, 0.2) is 0 Å². The summed E-state index contributed by atoms with van der Waals surface area (Å²) < 4.78 is 0. The Bertz CT molecular complexity index is 911. The number of amides is 2. The predicted octanol–water partition coefficient (Wildman–Crippen LogP) is 6.83. The lowest BCUT2D eigenvalue weighted by Gasteiger charge is -2.31. The smallest absolute Gasteiger partial charge is 0.304 e. The number of hydrogen-bond donors (Lipinski definition) is 1. The van der Waals surface area contributed by atoms with Gasteiger partial charge in [-0.1, -0.05) is 65.3 Å². The number of nitrogens with one attached hydrogen (secondary N) is 1. The highest BCUT2D eigenvalue weighted by Crippen LogP contribution is 2.48. The molecule has 4 rings (SSSR count). The van der Waals surface area contributed by atoms with E-state index in [1.165, 1.54) is 0 Å². The molecule has 0 unspecified atom stereocenters. The van der Waals surface area contributed by atoms with Crippen LogP contribution in [0.4, 0.5) is 21.9 Å². The van der Waals surface area contributed by atoms with Crippen molar-refractivity contribution in [3.63, 3.8) is 0 Å². The quantitative estimate of drug-likeness (QED) is 0.496. The summed E-state index contributed by atoms with van der Waals surface area (Å²) in [6.07, 6.45) is 0. The summed E-state index contributed by atoms with van der Waals surface area (Å²) >= 11 is 14.0. The minimum absolute atomic E-state index is 0.310. The average molecular weight is 387 g/mol. The summed E-state index contributed by atoms with van der Waals surface area (Å²) in [5, 5.41) is 3.64. The van der Waals surface area contributed by atoms with Crippen LogP contribution in [0.5, 0.6) is 0 Å². The van der Waals surface area contributed by atoms with Crippen LogP contribution in [0.1, 0.15) is 0 Å². The molecule has 0 saturated carbocycles. The number of carbonyl (C=O) groups excluding carboxylic acids is 1. The van der Waals surface area contributed by atoms with E-state index >= 15 is 0 Å². The van der Waals surface area contributed by atoms with Crippen LogP contribution in [-0.4, -0.2) is 6.03 Å². The number of para-hydroxylation sites is 3. The van der Waals surface area contributed by atoms with Gasteiger partial charge in [-0.25, -0.2) is 4.79 Å². The van der Waals surface area contributed by atoms with Crippen molar-refractivity contribution in [2.24, 2.45) is 0 Å². The predicted molar refractivity (Wildman–Crippen MR) is 105 cm³/mol. The van der Waals surface area contributed by atoms with E-state index in [4.69, 9.17) is 23.2 Å². The first kappa shape index (κ1) is 16.3. The first-order chi connectivity index (χ1) is 12.1. The summed E-state index contributed by atoms with van der Waals surface area (Å²) in [6.45, 7) is 0. The summed E-state index contributed by atoms with van der Waals surface area (Å²) in [5.41, 5.74) is 2.06. The van der Waals surface area contributed by atoms with E-state index < -0.39 is 0 Å². The van der Waals surface area contributed by atoms with Crippen LogP contribution in [0.15, 0.2) is 76.5 Å². The monoisotopic (exact) mass is 386 g/mol. The molecule has 0 fully saturated rings.